The van der Waals surface area contributed by atoms with Gasteiger partial charge in [-0.05, 0) is 11.1 Å². The van der Waals surface area contributed by atoms with E-state index in [2.05, 4.69) is 36.4 Å². The molecule has 4 atom stereocenters. The first-order chi connectivity index (χ1) is 11.7. The molecule has 3 heteroatoms. The molecule has 0 N–H and O–H groups in total. The van der Waals surface area contributed by atoms with Gasteiger partial charge in [0, 0.05) is 17.3 Å². The average Bonchev–Trinajstić information content (AvgIpc) is 3.24. The van der Waals surface area contributed by atoms with Gasteiger partial charge in [0.1, 0.15) is 0 Å². The fourth-order valence-corrected chi connectivity index (χ4v) is 5.20. The summed E-state index contributed by atoms with van der Waals surface area (Å²) in [6, 6.07) is 20.5. The molecule has 1 heterocycles. The molecule has 0 radical (unpaired) electrons. The smallest absolute Gasteiger partial charge is 0.318 e. The number of allylic oxidation sites excluding steroid dienone is 2. The summed E-state index contributed by atoms with van der Waals surface area (Å²) in [4.78, 5) is 24.7. The molecule has 5 rings (SSSR count). The van der Waals surface area contributed by atoms with Crippen LogP contribution in [-0.4, -0.2) is 11.9 Å². The van der Waals surface area contributed by atoms with E-state index in [4.69, 9.17) is 4.74 Å². The number of hydrogen-bond donors (Lipinski definition) is 0. The van der Waals surface area contributed by atoms with Crippen LogP contribution in [0, 0.1) is 23.7 Å². The molecular formula is C21H16O3. The fourth-order valence-electron chi connectivity index (χ4n) is 5.20. The maximum atomic E-state index is 12.3. The average molecular weight is 316 g/mol. The zero-order valence-electron chi connectivity index (χ0n) is 13.0. The Hall–Kier alpha value is -2.68. The van der Waals surface area contributed by atoms with Crippen LogP contribution in [0.25, 0.3) is 0 Å². The molecule has 0 amide bonds. The molecule has 1 saturated heterocycles. The number of esters is 2. The van der Waals surface area contributed by atoms with Gasteiger partial charge in [-0.3, -0.25) is 9.59 Å². The van der Waals surface area contributed by atoms with Crippen molar-refractivity contribution in [3.63, 3.8) is 0 Å². The van der Waals surface area contributed by atoms with Gasteiger partial charge < -0.3 is 4.74 Å². The molecule has 118 valence electrons. The minimum absolute atomic E-state index is 0.0451. The Bertz CT molecular complexity index is 782. The number of ether oxygens (including phenoxy) is 1. The topological polar surface area (TPSA) is 43.4 Å². The van der Waals surface area contributed by atoms with E-state index < -0.39 is 0 Å². The van der Waals surface area contributed by atoms with Gasteiger partial charge in [-0.2, -0.15) is 0 Å². The minimum atomic E-state index is -0.368. The maximum absolute atomic E-state index is 12.3. The van der Waals surface area contributed by atoms with Gasteiger partial charge in [-0.15, -0.1) is 0 Å². The van der Waals surface area contributed by atoms with Gasteiger partial charge >= 0.3 is 11.9 Å². The third-order valence-corrected chi connectivity index (χ3v) is 5.99. The van der Waals surface area contributed by atoms with Crippen LogP contribution in [-0.2, 0) is 19.7 Å². The number of carbonyl (C=O) groups excluding carboxylic acids is 2. The van der Waals surface area contributed by atoms with Crippen molar-refractivity contribution in [1.29, 1.82) is 0 Å². The minimum Gasteiger partial charge on any atom is -0.393 e. The Kier molecular flexibility index (Phi) is 2.67. The summed E-state index contributed by atoms with van der Waals surface area (Å²) < 4.78 is 4.96. The van der Waals surface area contributed by atoms with Gasteiger partial charge in [0.15, 0.2) is 0 Å². The first-order valence-electron chi connectivity index (χ1n) is 8.29. The lowest BCUT2D eigenvalue weighted by molar-refractivity contribution is -0.155. The van der Waals surface area contributed by atoms with Gasteiger partial charge in [-0.1, -0.05) is 72.8 Å². The number of fused-ring (bicyclic) bond motifs is 5. The van der Waals surface area contributed by atoms with Crippen LogP contribution in [0.15, 0.2) is 72.8 Å². The highest BCUT2D eigenvalue weighted by molar-refractivity contribution is 5.99. The molecule has 2 aromatic carbocycles. The van der Waals surface area contributed by atoms with Gasteiger partial charge in [0.05, 0.1) is 11.8 Å². The monoisotopic (exact) mass is 316 g/mol. The van der Waals surface area contributed by atoms with Gasteiger partial charge in [0.25, 0.3) is 0 Å². The van der Waals surface area contributed by atoms with Crippen molar-refractivity contribution < 1.29 is 14.3 Å². The molecule has 0 spiro atoms. The van der Waals surface area contributed by atoms with Crippen molar-refractivity contribution >= 4 is 11.9 Å². The van der Waals surface area contributed by atoms with E-state index in [0.717, 1.165) is 11.1 Å². The Balaban J connectivity index is 1.79. The summed E-state index contributed by atoms with van der Waals surface area (Å²) in [7, 11) is 0. The molecule has 1 aliphatic heterocycles. The first kappa shape index (κ1) is 13.7. The van der Waals surface area contributed by atoms with Crippen molar-refractivity contribution in [1.82, 2.24) is 0 Å². The zero-order valence-corrected chi connectivity index (χ0v) is 13.0. The van der Waals surface area contributed by atoms with Crippen molar-refractivity contribution in [3.8, 4) is 0 Å². The first-order valence-corrected chi connectivity index (χ1v) is 8.29. The van der Waals surface area contributed by atoms with Crippen LogP contribution in [0.1, 0.15) is 11.1 Å². The maximum Gasteiger partial charge on any atom is 0.318 e. The highest BCUT2D eigenvalue weighted by atomic mass is 16.6. The van der Waals surface area contributed by atoms with Gasteiger partial charge in [0.2, 0.25) is 0 Å². The molecule has 2 aromatic rings. The number of cyclic esters (lactones) is 2. The lowest BCUT2D eigenvalue weighted by Gasteiger charge is -2.37. The second kappa shape index (κ2) is 4.67. The predicted molar refractivity (Wildman–Crippen MR) is 87.9 cm³/mol. The summed E-state index contributed by atoms with van der Waals surface area (Å²) in [5, 5.41) is 0. The molecule has 3 aliphatic rings. The molecule has 3 nitrogen and oxygen atoms in total. The summed E-state index contributed by atoms with van der Waals surface area (Å²) in [5.74, 6) is -1.55. The number of hydrogen-bond acceptors (Lipinski definition) is 3. The van der Waals surface area contributed by atoms with Crippen LogP contribution < -0.4 is 0 Å². The Morgan fingerprint density at radius 1 is 0.667 bits per heavy atom. The fraction of sp³-hybridized carbons (Fsp3) is 0.238. The van der Waals surface area contributed by atoms with Crippen LogP contribution in [0.4, 0.5) is 0 Å². The Labute approximate surface area is 140 Å². The van der Waals surface area contributed by atoms with Crippen molar-refractivity contribution in [2.75, 3.05) is 0 Å². The Morgan fingerprint density at radius 3 is 1.50 bits per heavy atom. The zero-order chi connectivity index (χ0) is 16.3. The standard InChI is InChI=1S/C21H16O3/c22-19-17-15-11-12-16(18(17)20(23)24-19)21(15,13-7-3-1-4-8-13)14-9-5-2-6-10-14/h1-12,15-18H/t15-,16-,17+,18+/m0/s1. The van der Waals surface area contributed by atoms with Crippen LogP contribution in [0.3, 0.4) is 0 Å². The van der Waals surface area contributed by atoms with Crippen LogP contribution in [0.2, 0.25) is 0 Å². The van der Waals surface area contributed by atoms with E-state index in [1.807, 2.05) is 36.4 Å². The third-order valence-electron chi connectivity index (χ3n) is 5.99. The summed E-state index contributed by atoms with van der Waals surface area (Å²) in [5.41, 5.74) is 1.95. The molecule has 2 aliphatic carbocycles. The number of carbonyl (C=O) groups is 2. The van der Waals surface area contributed by atoms with Gasteiger partial charge in [-0.25, -0.2) is 0 Å². The summed E-state index contributed by atoms with van der Waals surface area (Å²) in [6.07, 6.45) is 4.23. The van der Waals surface area contributed by atoms with E-state index in [0.29, 0.717) is 0 Å². The normalized spacial score (nSPS) is 32.0. The number of benzene rings is 2. The summed E-state index contributed by atoms with van der Waals surface area (Å²) >= 11 is 0. The largest absolute Gasteiger partial charge is 0.393 e. The SMILES string of the molecule is O=C1OC(=O)[C@H]2[C@H]1[C@@H]1C=C[C@@H]2C1(c1ccccc1)c1ccccc1. The van der Waals surface area contributed by atoms with Crippen LogP contribution in [0.5, 0.6) is 0 Å². The lowest BCUT2D eigenvalue weighted by Crippen LogP contribution is -2.37. The van der Waals surface area contributed by atoms with E-state index in [9.17, 15) is 9.59 Å². The lowest BCUT2D eigenvalue weighted by atomic mass is 9.65. The van der Waals surface area contributed by atoms with Crippen molar-refractivity contribution in [2.24, 2.45) is 23.7 Å². The number of rotatable bonds is 2. The van der Waals surface area contributed by atoms with Crippen LogP contribution >= 0.6 is 0 Å². The van der Waals surface area contributed by atoms with E-state index in [1.54, 1.807) is 0 Å². The molecule has 24 heavy (non-hydrogen) atoms. The molecule has 2 bridgehead atoms. The summed E-state index contributed by atoms with van der Waals surface area (Å²) in [6.45, 7) is 0. The van der Waals surface area contributed by atoms with E-state index >= 15 is 0 Å². The molecule has 0 unspecified atom stereocenters. The van der Waals surface area contributed by atoms with Crippen molar-refractivity contribution in [2.45, 2.75) is 5.41 Å². The highest BCUT2D eigenvalue weighted by Crippen LogP contribution is 2.65. The predicted octanol–water partition coefficient (Wildman–Crippen LogP) is 3.10. The second-order valence-electron chi connectivity index (χ2n) is 6.83. The molecule has 0 aromatic heterocycles. The van der Waals surface area contributed by atoms with E-state index in [-0.39, 0.29) is 41.0 Å². The second-order valence-corrected chi connectivity index (χ2v) is 6.83. The Morgan fingerprint density at radius 2 is 1.08 bits per heavy atom. The van der Waals surface area contributed by atoms with Crippen molar-refractivity contribution in [3.05, 3.63) is 83.9 Å². The third kappa shape index (κ3) is 1.47. The molecular weight excluding hydrogens is 300 g/mol. The highest BCUT2D eigenvalue weighted by Gasteiger charge is 2.70. The van der Waals surface area contributed by atoms with E-state index in [1.165, 1.54) is 0 Å². The molecule has 1 saturated carbocycles. The molecule has 2 fully saturated rings. The quantitative estimate of drug-likeness (QED) is 0.486.